The first-order chi connectivity index (χ1) is 14.3. The molecular formula is C21H24BrClN4O3. The summed E-state index contributed by atoms with van der Waals surface area (Å²) in [5.74, 6) is -0.283. The second-order valence-electron chi connectivity index (χ2n) is 8.16. The van der Waals surface area contributed by atoms with Crippen LogP contribution in [-0.4, -0.2) is 57.0 Å². The normalized spacial score (nSPS) is 20.7. The minimum atomic E-state index is -0.911. The predicted octanol–water partition coefficient (Wildman–Crippen LogP) is 2.12. The highest BCUT2D eigenvalue weighted by Crippen LogP contribution is 2.31. The van der Waals surface area contributed by atoms with Gasteiger partial charge in [-0.1, -0.05) is 40.0 Å². The second kappa shape index (κ2) is 8.42. The number of piperidine rings is 1. The lowest BCUT2D eigenvalue weighted by Gasteiger charge is -2.51. The van der Waals surface area contributed by atoms with Crippen LogP contribution in [-0.2, 0) is 13.5 Å². The molecule has 7 nitrogen and oxygen atoms in total. The molecule has 160 valence electrons. The Morgan fingerprint density at radius 1 is 1.33 bits per heavy atom. The third kappa shape index (κ3) is 4.19. The second-order valence-corrected chi connectivity index (χ2v) is 9.48. The molecule has 0 saturated carbocycles. The maximum Gasteiger partial charge on any atom is 0.274 e. The number of nitrogens with one attached hydrogen (secondary N) is 1. The number of nitrogens with zero attached hydrogens (tertiary/aromatic N) is 3. The van der Waals surface area contributed by atoms with Gasteiger partial charge >= 0.3 is 0 Å². The molecule has 0 unspecified atom stereocenters. The van der Waals surface area contributed by atoms with Gasteiger partial charge in [-0.25, -0.2) is 4.68 Å². The summed E-state index contributed by atoms with van der Waals surface area (Å²) in [5.41, 5.74) is 0.344. The standard InChI is InChI=1S/C21H24BrClN4O3/c1-26-18(28)9-14(8-13-5-6-15(22)10-16(13)23)19(25-26)20(29)27-11-21(30,12-27)17-4-2-3-7-24-17/h5-6,9-10,17,24,30H,2-4,7-8,11-12H2,1H3/t17-/m0/s1. The van der Waals surface area contributed by atoms with Gasteiger partial charge in [0.15, 0.2) is 5.69 Å². The van der Waals surface area contributed by atoms with Crippen molar-refractivity contribution in [3.63, 3.8) is 0 Å². The van der Waals surface area contributed by atoms with Gasteiger partial charge in [0.1, 0.15) is 5.60 Å². The molecule has 1 aromatic heterocycles. The molecule has 2 N–H and O–H groups in total. The van der Waals surface area contributed by atoms with Gasteiger partial charge in [-0.05, 0) is 42.6 Å². The Morgan fingerprint density at radius 3 is 2.77 bits per heavy atom. The summed E-state index contributed by atoms with van der Waals surface area (Å²) < 4.78 is 2.01. The van der Waals surface area contributed by atoms with E-state index in [1.807, 2.05) is 12.1 Å². The van der Waals surface area contributed by atoms with Gasteiger partial charge in [-0.15, -0.1) is 0 Å². The van der Waals surface area contributed by atoms with Gasteiger partial charge in [-0.3, -0.25) is 9.59 Å². The van der Waals surface area contributed by atoms with E-state index in [0.717, 1.165) is 40.5 Å². The predicted molar refractivity (Wildman–Crippen MR) is 118 cm³/mol. The molecule has 9 heteroatoms. The average Bonchev–Trinajstić information content (AvgIpc) is 2.70. The minimum Gasteiger partial charge on any atom is -0.385 e. The largest absolute Gasteiger partial charge is 0.385 e. The molecule has 4 rings (SSSR count). The number of carbonyl (C=O) groups excluding carboxylic acids is 1. The van der Waals surface area contributed by atoms with Crippen molar-refractivity contribution in [3.05, 3.63) is 60.9 Å². The van der Waals surface area contributed by atoms with E-state index < -0.39 is 5.60 Å². The van der Waals surface area contributed by atoms with Crippen LogP contribution in [0, 0.1) is 0 Å². The summed E-state index contributed by atoms with van der Waals surface area (Å²) >= 11 is 9.72. The van der Waals surface area contributed by atoms with E-state index in [4.69, 9.17) is 11.6 Å². The van der Waals surface area contributed by atoms with E-state index in [0.29, 0.717) is 17.0 Å². The van der Waals surface area contributed by atoms with E-state index in [-0.39, 0.29) is 36.3 Å². The fourth-order valence-electron chi connectivity index (χ4n) is 4.20. The number of carbonyl (C=O) groups is 1. The number of hydrogen-bond acceptors (Lipinski definition) is 5. The van der Waals surface area contributed by atoms with Crippen molar-refractivity contribution in [2.24, 2.45) is 7.05 Å². The lowest BCUT2D eigenvalue weighted by atomic mass is 9.81. The average molecular weight is 496 g/mol. The Hall–Kier alpha value is -1.74. The fraction of sp³-hybridized carbons (Fsp3) is 0.476. The molecule has 2 aliphatic heterocycles. The number of aryl methyl sites for hydroxylation is 1. The Labute approximate surface area is 188 Å². The lowest BCUT2D eigenvalue weighted by Crippen LogP contribution is -2.72. The molecule has 0 radical (unpaired) electrons. The Balaban J connectivity index is 1.57. The summed E-state index contributed by atoms with van der Waals surface area (Å²) in [6.07, 6.45) is 3.41. The van der Waals surface area contributed by atoms with Crippen molar-refractivity contribution < 1.29 is 9.90 Å². The summed E-state index contributed by atoms with van der Waals surface area (Å²) in [5, 5.41) is 19.1. The van der Waals surface area contributed by atoms with E-state index >= 15 is 0 Å². The van der Waals surface area contributed by atoms with Crippen LogP contribution in [0.2, 0.25) is 5.02 Å². The van der Waals surface area contributed by atoms with Crippen molar-refractivity contribution in [1.29, 1.82) is 0 Å². The summed E-state index contributed by atoms with van der Waals surface area (Å²) in [6, 6.07) is 6.94. The maximum absolute atomic E-state index is 13.2. The van der Waals surface area contributed by atoms with Crippen LogP contribution in [0.1, 0.15) is 40.9 Å². The van der Waals surface area contributed by atoms with Gasteiger partial charge in [-0.2, -0.15) is 5.10 Å². The zero-order chi connectivity index (χ0) is 21.5. The first-order valence-electron chi connectivity index (χ1n) is 10.0. The van der Waals surface area contributed by atoms with Gasteiger partial charge < -0.3 is 15.3 Å². The van der Waals surface area contributed by atoms with Crippen molar-refractivity contribution >= 4 is 33.4 Å². The number of β-amino-alcohol motifs (C(OH)–C–C–N with tert-alkyl or cyclic N) is 1. The van der Waals surface area contributed by atoms with E-state index in [1.54, 1.807) is 11.0 Å². The number of halogens is 2. The number of aliphatic hydroxyl groups is 1. The summed E-state index contributed by atoms with van der Waals surface area (Å²) in [7, 11) is 1.52. The van der Waals surface area contributed by atoms with E-state index in [1.165, 1.54) is 13.1 Å². The number of benzene rings is 1. The van der Waals surface area contributed by atoms with Gasteiger partial charge in [0, 0.05) is 35.1 Å². The van der Waals surface area contributed by atoms with Crippen LogP contribution < -0.4 is 10.9 Å². The van der Waals surface area contributed by atoms with Crippen molar-refractivity contribution in [3.8, 4) is 0 Å². The highest BCUT2D eigenvalue weighted by atomic mass is 79.9. The number of likely N-dealkylation sites (tertiary alicyclic amines) is 1. The SMILES string of the molecule is Cn1nc(C(=O)N2CC(O)([C@@H]3CCCCN3)C2)c(Cc2ccc(Br)cc2Cl)cc1=O. The molecule has 1 amide bonds. The molecule has 1 atom stereocenters. The molecule has 0 spiro atoms. The fourth-order valence-corrected chi connectivity index (χ4v) is 4.94. The molecule has 2 aliphatic rings. The summed E-state index contributed by atoms with van der Waals surface area (Å²) in [4.78, 5) is 27.0. The smallest absolute Gasteiger partial charge is 0.274 e. The number of amides is 1. The summed E-state index contributed by atoms with van der Waals surface area (Å²) in [6.45, 7) is 1.40. The molecule has 2 fully saturated rings. The van der Waals surface area contributed by atoms with Crippen molar-refractivity contribution in [2.45, 2.75) is 37.3 Å². The highest BCUT2D eigenvalue weighted by molar-refractivity contribution is 9.10. The number of rotatable bonds is 4. The zero-order valence-electron chi connectivity index (χ0n) is 16.7. The zero-order valence-corrected chi connectivity index (χ0v) is 19.0. The molecule has 2 saturated heterocycles. The third-order valence-corrected chi connectivity index (χ3v) is 6.79. The minimum absolute atomic E-state index is 0.00410. The van der Waals surface area contributed by atoms with Crippen molar-refractivity contribution in [1.82, 2.24) is 20.0 Å². The Kier molecular flexibility index (Phi) is 6.03. The molecule has 30 heavy (non-hydrogen) atoms. The third-order valence-electron chi connectivity index (χ3n) is 5.94. The number of hydrogen-bond donors (Lipinski definition) is 2. The highest BCUT2D eigenvalue weighted by Gasteiger charge is 2.50. The van der Waals surface area contributed by atoms with Crippen LogP contribution in [0.5, 0.6) is 0 Å². The van der Waals surface area contributed by atoms with Crippen LogP contribution >= 0.6 is 27.5 Å². The van der Waals surface area contributed by atoms with Crippen LogP contribution in [0.15, 0.2) is 33.5 Å². The quantitative estimate of drug-likeness (QED) is 0.678. The maximum atomic E-state index is 13.2. The lowest BCUT2D eigenvalue weighted by molar-refractivity contribution is -0.109. The van der Waals surface area contributed by atoms with Crippen LogP contribution in [0.25, 0.3) is 0 Å². The van der Waals surface area contributed by atoms with Gasteiger partial charge in [0.25, 0.3) is 11.5 Å². The molecule has 0 bridgehead atoms. The van der Waals surface area contributed by atoms with Gasteiger partial charge in [0.2, 0.25) is 0 Å². The van der Waals surface area contributed by atoms with E-state index in [2.05, 4.69) is 26.3 Å². The first kappa shape index (κ1) is 21.5. The number of aromatic nitrogens is 2. The molecule has 1 aromatic carbocycles. The monoisotopic (exact) mass is 494 g/mol. The van der Waals surface area contributed by atoms with Gasteiger partial charge in [0.05, 0.1) is 13.1 Å². The Bertz CT molecular complexity index is 1030. The van der Waals surface area contributed by atoms with Crippen LogP contribution in [0.4, 0.5) is 0 Å². The van der Waals surface area contributed by atoms with E-state index in [9.17, 15) is 14.7 Å². The topological polar surface area (TPSA) is 87.5 Å². The molecular weight excluding hydrogens is 472 g/mol. The van der Waals surface area contributed by atoms with Crippen LogP contribution in [0.3, 0.4) is 0 Å². The first-order valence-corrected chi connectivity index (χ1v) is 11.2. The Morgan fingerprint density at radius 2 is 2.10 bits per heavy atom. The van der Waals surface area contributed by atoms with Crippen molar-refractivity contribution in [2.75, 3.05) is 19.6 Å². The molecule has 3 heterocycles. The molecule has 0 aliphatic carbocycles. The molecule has 2 aromatic rings.